The van der Waals surface area contributed by atoms with E-state index < -0.39 is 96.1 Å². The van der Waals surface area contributed by atoms with Crippen molar-refractivity contribution in [3.63, 3.8) is 0 Å². The summed E-state index contributed by atoms with van der Waals surface area (Å²) >= 11 is 0. The van der Waals surface area contributed by atoms with Crippen molar-refractivity contribution in [1.82, 2.24) is 0 Å². The van der Waals surface area contributed by atoms with Crippen LogP contribution in [0.5, 0.6) is 86.2 Å². The van der Waals surface area contributed by atoms with Crippen LogP contribution in [0.15, 0.2) is 396 Å². The van der Waals surface area contributed by atoms with E-state index in [9.17, 15) is 0 Å². The molecule has 0 amide bonds. The number of hydrogen-bond acceptors (Lipinski definition) is 26. The first-order chi connectivity index (χ1) is 69.1. The minimum Gasteiger partial charge on any atom is -0.485 e. The first kappa shape index (κ1) is 89.6. The Morgan fingerprint density at radius 3 is 1.00 bits per heavy atom. The largest absolute Gasteiger partial charge is 0.485 e. The second-order valence-corrected chi connectivity index (χ2v) is 33.2. The highest BCUT2D eigenvalue weighted by Crippen LogP contribution is 2.59. The lowest BCUT2D eigenvalue weighted by atomic mass is 9.97. The number of hydrogen-bond donors (Lipinski definition) is 0. The molecule has 0 aromatic heterocycles. The molecular formula is C115H86O26. The molecule has 6 atom stereocenters. The molecule has 21 rings (SSSR count). The molecule has 702 valence electrons. The fourth-order valence-corrected chi connectivity index (χ4v) is 17.8. The monoisotopic (exact) mass is 1880 g/mol. The lowest BCUT2D eigenvalue weighted by molar-refractivity contribution is -0.282. The fourth-order valence-electron chi connectivity index (χ4n) is 17.8. The molecule has 26 nitrogen and oxygen atoms in total. The molecule has 1 saturated heterocycles. The van der Waals surface area contributed by atoms with Crippen LogP contribution in [0.2, 0.25) is 0 Å². The smallest absolute Gasteiger partial charge is 0.340 e. The molecule has 0 N–H and O–H groups in total. The summed E-state index contributed by atoms with van der Waals surface area (Å²) in [6.07, 6.45) is -2.20. The van der Waals surface area contributed by atoms with E-state index in [0.717, 1.165) is 0 Å². The van der Waals surface area contributed by atoms with Gasteiger partial charge in [-0.3, -0.25) is 0 Å². The number of ether oxygens (including phenoxy) is 21. The summed E-state index contributed by atoms with van der Waals surface area (Å²) in [5.41, 5.74) is 3.34. The zero-order chi connectivity index (χ0) is 96.2. The highest BCUT2D eigenvalue weighted by atomic mass is 16.8. The third kappa shape index (κ3) is 16.9. The first-order valence-corrected chi connectivity index (χ1v) is 45.3. The molecule has 1 unspecified atom stereocenters. The summed E-state index contributed by atoms with van der Waals surface area (Å²) in [7, 11) is 0. The minimum absolute atomic E-state index is 0.0172. The van der Waals surface area contributed by atoms with Crippen molar-refractivity contribution in [2.75, 3.05) is 39.6 Å². The van der Waals surface area contributed by atoms with Gasteiger partial charge in [-0.25, -0.2) is 24.0 Å². The Balaban J connectivity index is 0.754. The quantitative estimate of drug-likeness (QED) is 0.0250. The number of esters is 5. The maximum Gasteiger partial charge on any atom is 0.340 e. The Morgan fingerprint density at radius 2 is 0.624 bits per heavy atom. The van der Waals surface area contributed by atoms with E-state index in [2.05, 4.69) is 26.3 Å². The third-order valence-electron chi connectivity index (χ3n) is 24.2. The Labute approximate surface area is 808 Å². The van der Waals surface area contributed by atoms with Crippen LogP contribution in [0, 0.1) is 0 Å². The molecule has 14 aromatic carbocycles. The topological polar surface area (TPSA) is 279 Å². The predicted molar refractivity (Wildman–Crippen MR) is 511 cm³/mol. The van der Waals surface area contributed by atoms with E-state index in [1.807, 2.05) is 249 Å². The summed E-state index contributed by atoms with van der Waals surface area (Å²) in [6.45, 7) is 13.8. The summed E-state index contributed by atoms with van der Waals surface area (Å²) in [5, 5.41) is 0. The van der Waals surface area contributed by atoms with Crippen molar-refractivity contribution in [2.24, 2.45) is 0 Å². The normalized spacial score (nSPS) is 19.1. The molecule has 0 aliphatic carbocycles. The number of carbonyl (C=O) groups is 5. The SMILES string of the molecule is C=CCOc1cc2cc3c1OC(c1ccccc1)(/C=C\COc1cc(cc4c1OC(c1ccccc1)(c1ccccc1)O4)C(=O)O[C@H]1[C@H](OC2=O)O[C@H](COC(=O)c2cc(OCC=C)c4c(c2)OC(c2ccccc2)(c2ccccc2)O4)[C@@H](OC(=O)c2cc(OCC=C)c4c(c2)OC(c2ccccc2)(c2ccccc2)O4)[C@@H]1OC(=O)c1cc(OCC=C)c2c(c1)OC(c1ccccc1)(c1ccccc1)O2)O3. The lowest BCUT2D eigenvalue weighted by Gasteiger charge is -2.43. The highest BCUT2D eigenvalue weighted by molar-refractivity contribution is 5.95. The van der Waals surface area contributed by atoms with E-state index in [1.54, 1.807) is 36.4 Å². The van der Waals surface area contributed by atoms with Crippen LogP contribution in [-0.4, -0.2) is 100 Å². The molecule has 7 aliphatic rings. The van der Waals surface area contributed by atoms with Gasteiger partial charge in [-0.05, 0) is 66.7 Å². The van der Waals surface area contributed by atoms with Gasteiger partial charge in [0.25, 0.3) is 5.79 Å². The number of fused-ring (bicyclic) bond motifs is 10. The fraction of sp³-hybridized carbons (Fsp3) is 0.139. The van der Waals surface area contributed by atoms with Crippen molar-refractivity contribution in [3.05, 3.63) is 474 Å². The summed E-state index contributed by atoms with van der Waals surface area (Å²) < 4.78 is 144. The van der Waals surface area contributed by atoms with Gasteiger partial charge in [-0.1, -0.05) is 324 Å². The third-order valence-corrected chi connectivity index (χ3v) is 24.2. The van der Waals surface area contributed by atoms with Gasteiger partial charge in [0.15, 0.2) is 69.7 Å². The van der Waals surface area contributed by atoms with E-state index in [1.165, 1.54) is 85.0 Å². The van der Waals surface area contributed by atoms with Crippen LogP contribution < -0.4 is 71.1 Å². The van der Waals surface area contributed by atoms with Gasteiger partial charge < -0.3 is 99.5 Å². The van der Waals surface area contributed by atoms with Gasteiger partial charge in [0.05, 0.1) is 27.8 Å². The molecule has 0 saturated carbocycles. The standard InChI is InChI=1S/C115H86O26/c1-5-56-121-86-65-76-67-91-97(86)137-111(132-91,77-37-18-9-19-38-77)55-36-60-125-90-64-75(70-95-101(90)141-115(136-95,84-51-32-16-33-52-84)85-53-34-17-35-54-85)108(119)130-104-103(129-107(118)74-63-89(124-59-8-4)100-94(69-74)135-114(140-100,82-47-28-14-29-48-82)83-49-30-15-31-50-83)102(128-106(117)73-62-88(123-58-7-3)99-93(68-73)134-113(139-99,80-43-24-12-25-44-80)81-45-26-13-27-46-81)96(127-110(104)131-109(76)120)71-126-105(116)72-61-87(122-57-6-2)98-92(66-72)133-112(138-98,78-39-20-10-21-40-78)79-41-22-11-23-42-79/h5-55,61-70,96,102-104,110H,1-4,56-60,71H2/b55-36-/t96-,102-,103+,104-,110+,111?/m1/s1. The zero-order valence-corrected chi connectivity index (χ0v) is 75.3. The number of carbonyl (C=O) groups excluding carboxylic acids is 5. The van der Waals surface area contributed by atoms with Gasteiger partial charge >= 0.3 is 53.0 Å². The molecule has 0 spiro atoms. The van der Waals surface area contributed by atoms with Crippen molar-refractivity contribution in [3.8, 4) is 86.2 Å². The highest BCUT2D eigenvalue weighted by Gasteiger charge is 2.58. The molecule has 14 aromatic rings. The van der Waals surface area contributed by atoms with Crippen LogP contribution >= 0.6 is 0 Å². The Morgan fingerprint density at radius 1 is 0.319 bits per heavy atom. The van der Waals surface area contributed by atoms with Crippen molar-refractivity contribution < 1.29 is 123 Å². The van der Waals surface area contributed by atoms with Gasteiger partial charge in [-0.15, -0.1) is 0 Å². The van der Waals surface area contributed by atoms with E-state index in [0.29, 0.717) is 50.1 Å². The zero-order valence-electron chi connectivity index (χ0n) is 75.3. The Hall–Kier alpha value is -17.9. The van der Waals surface area contributed by atoms with Crippen LogP contribution in [-0.2, 0) is 57.4 Å². The van der Waals surface area contributed by atoms with Gasteiger partial charge in [0, 0.05) is 56.1 Å². The van der Waals surface area contributed by atoms with Crippen LogP contribution in [0.3, 0.4) is 0 Å². The maximum atomic E-state index is 16.8. The minimum atomic E-state index is -2.39. The molecule has 7 heterocycles. The number of rotatable bonds is 28. The second kappa shape index (κ2) is 38.0. The van der Waals surface area contributed by atoms with Crippen molar-refractivity contribution >= 4 is 29.8 Å². The molecule has 5 bridgehead atoms. The van der Waals surface area contributed by atoms with E-state index in [-0.39, 0.29) is 147 Å². The van der Waals surface area contributed by atoms with Gasteiger partial charge in [0.1, 0.15) is 45.7 Å². The maximum absolute atomic E-state index is 16.8. The van der Waals surface area contributed by atoms with E-state index >= 15 is 24.0 Å². The van der Waals surface area contributed by atoms with E-state index in [4.69, 9.17) is 99.5 Å². The molecule has 141 heavy (non-hydrogen) atoms. The second-order valence-electron chi connectivity index (χ2n) is 33.2. The van der Waals surface area contributed by atoms with Gasteiger partial charge in [-0.2, -0.15) is 0 Å². The molecule has 26 heteroatoms. The Kier molecular flexibility index (Phi) is 24.1. The van der Waals surface area contributed by atoms with Crippen LogP contribution in [0.1, 0.15) is 102 Å². The summed E-state index contributed by atoms with van der Waals surface area (Å²) in [4.78, 5) is 82.3. The predicted octanol–water partition coefficient (Wildman–Crippen LogP) is 20.6. The lowest BCUT2D eigenvalue weighted by Crippen LogP contribution is -2.63. The molecule has 7 aliphatic heterocycles. The first-order valence-electron chi connectivity index (χ1n) is 45.3. The van der Waals surface area contributed by atoms with Crippen LogP contribution in [0.4, 0.5) is 0 Å². The average molecular weight is 1880 g/mol. The Bertz CT molecular complexity index is 7000. The molecule has 1 fully saturated rings. The van der Waals surface area contributed by atoms with Crippen molar-refractivity contribution in [2.45, 2.75) is 59.6 Å². The average Bonchev–Trinajstić information content (AvgIpc) is 1.58. The van der Waals surface area contributed by atoms with Crippen LogP contribution in [0.25, 0.3) is 0 Å². The van der Waals surface area contributed by atoms with Gasteiger partial charge in [0.2, 0.25) is 41.1 Å². The summed E-state index contributed by atoms with van der Waals surface area (Å²) in [5.74, 6) is -14.9. The van der Waals surface area contributed by atoms with Crippen molar-refractivity contribution in [1.29, 1.82) is 0 Å². The molecular weight excluding hydrogens is 1800 g/mol. The summed E-state index contributed by atoms with van der Waals surface area (Å²) in [6, 6.07) is 95.2. The number of benzene rings is 14. The molecule has 0 radical (unpaired) electrons.